The number of hydrogen-bond acceptors (Lipinski definition) is 15. The smallest absolute Gasteiger partial charge is 0.347 e. The third-order valence-electron chi connectivity index (χ3n) is 8.23. The van der Waals surface area contributed by atoms with Gasteiger partial charge in [-0.1, -0.05) is 24.3 Å². The molecule has 0 spiro atoms. The molecule has 4 aromatic rings. The van der Waals surface area contributed by atoms with Crippen LogP contribution in [0.15, 0.2) is 72.8 Å². The Morgan fingerprint density at radius 2 is 1.25 bits per heavy atom. The highest BCUT2D eigenvalue weighted by atomic mass is 16.6. The predicted molar refractivity (Wildman–Crippen MR) is 179 cm³/mol. The Hall–Kier alpha value is -7.10. The summed E-state index contributed by atoms with van der Waals surface area (Å²) >= 11 is 0. The van der Waals surface area contributed by atoms with E-state index in [4.69, 9.17) is 18.9 Å². The average molecular weight is 733 g/mol. The van der Waals surface area contributed by atoms with Gasteiger partial charge < -0.3 is 59.8 Å². The number of phenols is 7. The molecule has 0 radical (unpaired) electrons. The molecular formula is C37H32O16. The van der Waals surface area contributed by atoms with Crippen molar-refractivity contribution >= 4 is 30.0 Å². The molecule has 0 saturated carbocycles. The first kappa shape index (κ1) is 37.2. The van der Waals surface area contributed by atoms with Gasteiger partial charge in [0.1, 0.15) is 12.0 Å². The Kier molecular flexibility index (Phi) is 10.8. The van der Waals surface area contributed by atoms with Crippen LogP contribution in [0.4, 0.5) is 0 Å². The van der Waals surface area contributed by atoms with Gasteiger partial charge in [0.25, 0.3) is 0 Å². The first-order valence-corrected chi connectivity index (χ1v) is 15.6. The van der Waals surface area contributed by atoms with Crippen molar-refractivity contribution in [1.29, 1.82) is 0 Å². The van der Waals surface area contributed by atoms with Gasteiger partial charge in [-0.2, -0.15) is 0 Å². The van der Waals surface area contributed by atoms with Gasteiger partial charge in [-0.3, -0.25) is 4.79 Å². The van der Waals surface area contributed by atoms with Gasteiger partial charge in [0.05, 0.1) is 7.11 Å². The fourth-order valence-corrected chi connectivity index (χ4v) is 5.61. The van der Waals surface area contributed by atoms with E-state index in [2.05, 4.69) is 0 Å². The highest BCUT2D eigenvalue weighted by molar-refractivity contribution is 5.92. The van der Waals surface area contributed by atoms with Crippen LogP contribution in [0.1, 0.15) is 39.8 Å². The van der Waals surface area contributed by atoms with Crippen LogP contribution in [-0.2, 0) is 46.2 Å². The molecule has 0 bridgehead atoms. The SMILES string of the molecule is COC(=O)[C@H](Cc1ccc(O)c(O)c1)OC(=O)[C@H]1c2c(/C=C/C(=O)O[C@@H](Cc3ccc(O)c(O)c3)C(=O)O)ccc(O)c2O[C@@H]1c1ccc(O)c(O)c1. The van der Waals surface area contributed by atoms with Gasteiger partial charge in [0.15, 0.2) is 46.0 Å². The second-order valence-electron chi connectivity index (χ2n) is 11.8. The maximum Gasteiger partial charge on any atom is 0.347 e. The number of carboxylic acids is 1. The van der Waals surface area contributed by atoms with Gasteiger partial charge >= 0.3 is 23.9 Å². The number of aliphatic carboxylic acids is 1. The van der Waals surface area contributed by atoms with Crippen molar-refractivity contribution < 1.29 is 79.0 Å². The number of esters is 3. The molecule has 8 N–H and O–H groups in total. The van der Waals surface area contributed by atoms with Crippen molar-refractivity contribution in [2.75, 3.05) is 7.11 Å². The van der Waals surface area contributed by atoms with Crippen LogP contribution >= 0.6 is 0 Å². The monoisotopic (exact) mass is 732 g/mol. The highest BCUT2D eigenvalue weighted by Crippen LogP contribution is 2.53. The highest BCUT2D eigenvalue weighted by Gasteiger charge is 2.46. The zero-order valence-corrected chi connectivity index (χ0v) is 27.6. The van der Waals surface area contributed by atoms with E-state index >= 15 is 0 Å². The molecule has 4 atom stereocenters. The summed E-state index contributed by atoms with van der Waals surface area (Å²) in [5, 5.41) is 79.5. The normalized spacial score (nSPS) is 15.9. The molecule has 0 unspecified atom stereocenters. The van der Waals surface area contributed by atoms with Crippen LogP contribution in [-0.4, -0.2) is 84.0 Å². The minimum absolute atomic E-state index is 0.0446. The zero-order chi connectivity index (χ0) is 38.6. The number of methoxy groups -OCH3 is 1. The molecule has 1 heterocycles. The second-order valence-corrected chi connectivity index (χ2v) is 11.8. The second kappa shape index (κ2) is 15.4. The molecule has 53 heavy (non-hydrogen) atoms. The number of aromatic hydroxyl groups is 7. The molecular weight excluding hydrogens is 700 g/mol. The number of rotatable bonds is 12. The Labute approximate surface area is 299 Å². The fourth-order valence-electron chi connectivity index (χ4n) is 5.61. The number of carbonyl (C=O) groups is 4. The molecule has 0 amide bonds. The lowest BCUT2D eigenvalue weighted by atomic mass is 9.87. The summed E-state index contributed by atoms with van der Waals surface area (Å²) in [6.07, 6.45) is -3.35. The van der Waals surface area contributed by atoms with E-state index in [1.54, 1.807) is 0 Å². The van der Waals surface area contributed by atoms with Crippen molar-refractivity contribution in [3.05, 3.63) is 101 Å². The molecule has 16 heteroatoms. The molecule has 16 nitrogen and oxygen atoms in total. The molecule has 1 aliphatic rings. The molecule has 0 fully saturated rings. The summed E-state index contributed by atoms with van der Waals surface area (Å²) in [7, 11) is 1.05. The maximum absolute atomic E-state index is 14.1. The summed E-state index contributed by atoms with van der Waals surface area (Å²) < 4.78 is 21.6. The topological polar surface area (TPSA) is 267 Å². The summed E-state index contributed by atoms with van der Waals surface area (Å²) in [6, 6.07) is 13.3. The van der Waals surface area contributed by atoms with Crippen molar-refractivity contribution in [3.63, 3.8) is 0 Å². The largest absolute Gasteiger partial charge is 0.504 e. The number of hydrogen-bond donors (Lipinski definition) is 8. The van der Waals surface area contributed by atoms with E-state index in [-0.39, 0.29) is 46.4 Å². The molecule has 0 aromatic heterocycles. The molecule has 5 rings (SSSR count). The van der Waals surface area contributed by atoms with Crippen LogP contribution in [0.25, 0.3) is 6.08 Å². The minimum Gasteiger partial charge on any atom is -0.504 e. The number of benzene rings is 4. The average Bonchev–Trinajstić information content (AvgIpc) is 3.53. The lowest BCUT2D eigenvalue weighted by Gasteiger charge is -2.22. The summed E-state index contributed by atoms with van der Waals surface area (Å²) in [6.45, 7) is 0. The van der Waals surface area contributed by atoms with Crippen LogP contribution in [0.3, 0.4) is 0 Å². The predicted octanol–water partition coefficient (Wildman–Crippen LogP) is 3.42. The quantitative estimate of drug-likeness (QED) is 0.0449. The minimum atomic E-state index is -1.72. The van der Waals surface area contributed by atoms with E-state index in [1.807, 2.05) is 0 Å². The first-order chi connectivity index (χ1) is 25.2. The van der Waals surface area contributed by atoms with Gasteiger partial charge in [0, 0.05) is 24.5 Å². The van der Waals surface area contributed by atoms with Crippen molar-refractivity contribution in [3.8, 4) is 46.0 Å². The van der Waals surface area contributed by atoms with E-state index in [0.717, 1.165) is 49.6 Å². The fraction of sp³-hybridized carbons (Fsp3) is 0.189. The van der Waals surface area contributed by atoms with Crippen molar-refractivity contribution in [2.24, 2.45) is 0 Å². The molecule has 0 saturated heterocycles. The lowest BCUT2D eigenvalue weighted by molar-refractivity contribution is -0.167. The Bertz CT molecular complexity index is 2100. The number of ether oxygens (including phenoxy) is 4. The number of fused-ring (bicyclic) bond motifs is 1. The van der Waals surface area contributed by atoms with Gasteiger partial charge in [-0.15, -0.1) is 0 Å². The first-order valence-electron chi connectivity index (χ1n) is 15.6. The van der Waals surface area contributed by atoms with E-state index in [1.165, 1.54) is 36.4 Å². The third kappa shape index (κ3) is 8.28. The molecule has 1 aliphatic heterocycles. The van der Waals surface area contributed by atoms with Crippen molar-refractivity contribution in [1.82, 2.24) is 0 Å². The van der Waals surface area contributed by atoms with Gasteiger partial charge in [-0.25, -0.2) is 14.4 Å². The van der Waals surface area contributed by atoms with Crippen LogP contribution in [0.5, 0.6) is 46.0 Å². The number of phenolic OH excluding ortho intramolecular Hbond substituents is 7. The zero-order valence-electron chi connectivity index (χ0n) is 27.6. The summed E-state index contributed by atoms with van der Waals surface area (Å²) in [5.41, 5.74) is 0.661. The summed E-state index contributed by atoms with van der Waals surface area (Å²) in [4.78, 5) is 51.7. The maximum atomic E-state index is 14.1. The Morgan fingerprint density at radius 1 is 0.698 bits per heavy atom. The van der Waals surface area contributed by atoms with E-state index in [9.17, 15) is 60.0 Å². The molecule has 4 aromatic carbocycles. The van der Waals surface area contributed by atoms with Gasteiger partial charge in [-0.05, 0) is 70.8 Å². The van der Waals surface area contributed by atoms with Crippen LogP contribution in [0, 0.1) is 0 Å². The number of carbonyl (C=O) groups excluding carboxylic acids is 3. The third-order valence-corrected chi connectivity index (χ3v) is 8.23. The van der Waals surface area contributed by atoms with Crippen molar-refractivity contribution in [2.45, 2.75) is 37.1 Å². The standard InChI is InChI=1S/C37H32O16/c1-50-36(48)29(15-18-3-8-22(39)26(43)13-18)52-37(49)32-31-19(4-10-24(41)34(31)53-33(32)20-5-9-23(40)27(44)16-20)6-11-30(45)51-28(35(46)47)14-17-2-7-21(38)25(42)12-17/h2-13,16,28-29,32-33,38-44H,14-15H2,1H3,(H,46,47)/b11-6+/t28-,29-,32-,33+/m0/s1. The van der Waals surface area contributed by atoms with Crippen LogP contribution < -0.4 is 4.74 Å². The van der Waals surface area contributed by atoms with Crippen LogP contribution in [0.2, 0.25) is 0 Å². The number of carboxylic acid groups (broad SMARTS) is 1. The lowest BCUT2D eigenvalue weighted by Crippen LogP contribution is -2.33. The molecule has 0 aliphatic carbocycles. The molecule has 276 valence electrons. The summed E-state index contributed by atoms with van der Waals surface area (Å²) in [5.74, 6) is -9.88. The van der Waals surface area contributed by atoms with E-state index < -0.39 is 88.4 Å². The van der Waals surface area contributed by atoms with Gasteiger partial charge in [0.2, 0.25) is 12.2 Å². The van der Waals surface area contributed by atoms with E-state index in [0.29, 0.717) is 0 Å². The Morgan fingerprint density at radius 3 is 1.79 bits per heavy atom. The Balaban J connectivity index is 1.49.